The maximum Gasteiger partial charge on any atom is 0.338 e. The number of hydrogen-bond acceptors (Lipinski definition) is 4. The third-order valence-corrected chi connectivity index (χ3v) is 4.01. The number of rotatable bonds is 8. The first-order chi connectivity index (χ1) is 12.5. The van der Waals surface area contributed by atoms with E-state index in [1.54, 1.807) is 48.5 Å². The van der Waals surface area contributed by atoms with Crippen molar-refractivity contribution in [2.24, 2.45) is 0 Å². The van der Waals surface area contributed by atoms with Crippen molar-refractivity contribution in [3.63, 3.8) is 0 Å². The fourth-order valence-electron chi connectivity index (χ4n) is 2.07. The maximum absolute atomic E-state index is 12.0. The highest BCUT2D eigenvalue weighted by Crippen LogP contribution is 2.17. The summed E-state index contributed by atoms with van der Waals surface area (Å²) in [6.07, 6.45) is 0.819. The standard InChI is InChI=1S/C20H22ClNO4/c1-3-14(2)22-19(23)13-26-20(24)16-6-4-15(5-7-16)12-25-18-10-8-17(21)9-11-18/h4-11,14H,3,12-13H2,1-2H3,(H,22,23)/t14-/m0/s1. The average molecular weight is 376 g/mol. The average Bonchev–Trinajstić information content (AvgIpc) is 2.66. The Morgan fingerprint density at radius 3 is 2.35 bits per heavy atom. The molecule has 2 rings (SSSR count). The van der Waals surface area contributed by atoms with Gasteiger partial charge in [-0.05, 0) is 55.3 Å². The molecule has 1 amide bonds. The number of benzene rings is 2. The number of esters is 1. The SMILES string of the molecule is CC[C@H](C)NC(=O)COC(=O)c1ccc(COc2ccc(Cl)cc2)cc1. The first kappa shape index (κ1) is 19.8. The quantitative estimate of drug-likeness (QED) is 0.708. The van der Waals surface area contributed by atoms with Crippen molar-refractivity contribution in [2.75, 3.05) is 6.61 Å². The predicted octanol–water partition coefficient (Wildman–Crippen LogP) is 3.99. The molecule has 2 aromatic carbocycles. The minimum atomic E-state index is -0.533. The van der Waals surface area contributed by atoms with Crippen molar-refractivity contribution < 1.29 is 19.1 Å². The van der Waals surface area contributed by atoms with Gasteiger partial charge in [-0.25, -0.2) is 4.79 Å². The molecule has 2 aromatic rings. The van der Waals surface area contributed by atoms with E-state index in [0.29, 0.717) is 22.9 Å². The molecule has 6 heteroatoms. The fourth-order valence-corrected chi connectivity index (χ4v) is 2.19. The van der Waals surface area contributed by atoms with Crippen molar-refractivity contribution in [2.45, 2.75) is 32.9 Å². The Hall–Kier alpha value is -2.53. The molecule has 0 heterocycles. The summed E-state index contributed by atoms with van der Waals surface area (Å²) in [4.78, 5) is 23.6. The summed E-state index contributed by atoms with van der Waals surface area (Å²) in [5, 5.41) is 3.39. The summed E-state index contributed by atoms with van der Waals surface area (Å²) in [5.41, 5.74) is 1.29. The molecular weight excluding hydrogens is 354 g/mol. The third-order valence-electron chi connectivity index (χ3n) is 3.76. The lowest BCUT2D eigenvalue weighted by Gasteiger charge is -2.11. The second-order valence-electron chi connectivity index (χ2n) is 5.89. The van der Waals surface area contributed by atoms with Gasteiger partial charge in [0.05, 0.1) is 5.56 Å². The molecule has 1 N–H and O–H groups in total. The molecule has 138 valence electrons. The highest BCUT2D eigenvalue weighted by atomic mass is 35.5. The van der Waals surface area contributed by atoms with Gasteiger partial charge in [0, 0.05) is 11.1 Å². The van der Waals surface area contributed by atoms with Crippen molar-refractivity contribution in [1.29, 1.82) is 0 Å². The highest BCUT2D eigenvalue weighted by molar-refractivity contribution is 6.30. The van der Waals surface area contributed by atoms with Crippen molar-refractivity contribution >= 4 is 23.5 Å². The number of carbonyl (C=O) groups excluding carboxylic acids is 2. The van der Waals surface area contributed by atoms with Crippen LogP contribution in [0.2, 0.25) is 5.02 Å². The first-order valence-corrected chi connectivity index (χ1v) is 8.79. The monoisotopic (exact) mass is 375 g/mol. The van der Waals surface area contributed by atoms with Gasteiger partial charge in [-0.3, -0.25) is 4.79 Å². The van der Waals surface area contributed by atoms with Crippen molar-refractivity contribution in [3.8, 4) is 5.75 Å². The van der Waals surface area contributed by atoms with Gasteiger partial charge in [0.15, 0.2) is 6.61 Å². The van der Waals surface area contributed by atoms with Crippen LogP contribution in [0.25, 0.3) is 0 Å². The summed E-state index contributed by atoms with van der Waals surface area (Å²) in [5.74, 6) is -0.125. The van der Waals surface area contributed by atoms with Crippen LogP contribution < -0.4 is 10.1 Å². The molecule has 0 aliphatic heterocycles. The molecule has 0 unspecified atom stereocenters. The van der Waals surface area contributed by atoms with Crippen LogP contribution in [0, 0.1) is 0 Å². The summed E-state index contributed by atoms with van der Waals surface area (Å²) in [6.45, 7) is 3.94. The normalized spacial score (nSPS) is 11.5. The van der Waals surface area contributed by atoms with Gasteiger partial charge in [0.2, 0.25) is 0 Å². The van der Waals surface area contributed by atoms with Gasteiger partial charge in [-0.2, -0.15) is 0 Å². The number of ether oxygens (including phenoxy) is 2. The van der Waals surface area contributed by atoms with Crippen LogP contribution in [-0.4, -0.2) is 24.5 Å². The summed E-state index contributed by atoms with van der Waals surface area (Å²) >= 11 is 5.83. The van der Waals surface area contributed by atoms with Crippen molar-refractivity contribution in [3.05, 3.63) is 64.7 Å². The molecule has 0 bridgehead atoms. The minimum Gasteiger partial charge on any atom is -0.489 e. The van der Waals surface area contributed by atoms with Crippen LogP contribution in [0.1, 0.15) is 36.2 Å². The predicted molar refractivity (Wildman–Crippen MR) is 100 cm³/mol. The first-order valence-electron chi connectivity index (χ1n) is 8.41. The van der Waals surface area contributed by atoms with E-state index in [2.05, 4.69) is 5.32 Å². The smallest absolute Gasteiger partial charge is 0.338 e. The maximum atomic E-state index is 12.0. The summed E-state index contributed by atoms with van der Waals surface area (Å²) < 4.78 is 10.7. The zero-order chi connectivity index (χ0) is 18.9. The Bertz CT molecular complexity index is 728. The lowest BCUT2D eigenvalue weighted by molar-refractivity contribution is -0.124. The van der Waals surface area contributed by atoms with Crippen LogP contribution in [0.5, 0.6) is 5.75 Å². The van der Waals surface area contributed by atoms with E-state index in [1.165, 1.54) is 0 Å². The van der Waals surface area contributed by atoms with Gasteiger partial charge >= 0.3 is 5.97 Å². The molecule has 5 nitrogen and oxygen atoms in total. The van der Waals surface area contributed by atoms with Gasteiger partial charge in [-0.1, -0.05) is 30.7 Å². The lowest BCUT2D eigenvalue weighted by Crippen LogP contribution is -2.35. The third kappa shape index (κ3) is 6.41. The number of hydrogen-bond donors (Lipinski definition) is 1. The molecule has 0 saturated heterocycles. The molecule has 0 saturated carbocycles. The molecule has 0 radical (unpaired) electrons. The van der Waals surface area contributed by atoms with Crippen LogP contribution in [0.3, 0.4) is 0 Å². The van der Waals surface area contributed by atoms with Crippen LogP contribution in [0.15, 0.2) is 48.5 Å². The number of carbonyl (C=O) groups is 2. The Labute approximate surface area is 158 Å². The summed E-state index contributed by atoms with van der Waals surface area (Å²) in [6, 6.07) is 14.0. The molecule has 0 fully saturated rings. The topological polar surface area (TPSA) is 64.6 Å². The number of amides is 1. The Kier molecular flexibility index (Phi) is 7.48. The van der Waals surface area contributed by atoms with E-state index >= 15 is 0 Å². The molecule has 0 aliphatic carbocycles. The number of nitrogens with one attached hydrogen (secondary N) is 1. The van der Waals surface area contributed by atoms with E-state index in [4.69, 9.17) is 21.1 Å². The molecule has 0 aliphatic rings. The van der Waals surface area contributed by atoms with Gasteiger partial charge in [0.25, 0.3) is 5.91 Å². The minimum absolute atomic E-state index is 0.0566. The molecular formula is C20H22ClNO4. The Morgan fingerprint density at radius 2 is 1.73 bits per heavy atom. The lowest BCUT2D eigenvalue weighted by atomic mass is 10.1. The molecule has 0 spiro atoms. The molecule has 26 heavy (non-hydrogen) atoms. The van der Waals surface area contributed by atoms with Gasteiger partial charge in [0.1, 0.15) is 12.4 Å². The second kappa shape index (κ2) is 9.82. The van der Waals surface area contributed by atoms with Gasteiger partial charge in [-0.15, -0.1) is 0 Å². The second-order valence-corrected chi connectivity index (χ2v) is 6.33. The Morgan fingerprint density at radius 1 is 1.08 bits per heavy atom. The zero-order valence-electron chi connectivity index (χ0n) is 14.8. The number of halogens is 1. The van der Waals surface area contributed by atoms with E-state index < -0.39 is 5.97 Å². The van der Waals surface area contributed by atoms with Crippen LogP contribution in [-0.2, 0) is 16.1 Å². The molecule has 1 atom stereocenters. The van der Waals surface area contributed by atoms with Gasteiger partial charge < -0.3 is 14.8 Å². The highest BCUT2D eigenvalue weighted by Gasteiger charge is 2.11. The van der Waals surface area contributed by atoms with E-state index in [9.17, 15) is 9.59 Å². The zero-order valence-corrected chi connectivity index (χ0v) is 15.6. The van der Waals surface area contributed by atoms with Crippen molar-refractivity contribution in [1.82, 2.24) is 5.32 Å². The van der Waals surface area contributed by atoms with E-state index in [1.807, 2.05) is 13.8 Å². The van der Waals surface area contributed by atoms with E-state index in [0.717, 1.165) is 12.0 Å². The van der Waals surface area contributed by atoms with Crippen LogP contribution >= 0.6 is 11.6 Å². The fraction of sp³-hybridized carbons (Fsp3) is 0.300. The van der Waals surface area contributed by atoms with E-state index in [-0.39, 0.29) is 18.6 Å². The van der Waals surface area contributed by atoms with Crippen LogP contribution in [0.4, 0.5) is 0 Å². The largest absolute Gasteiger partial charge is 0.489 e. The Balaban J connectivity index is 1.81. The molecule has 0 aromatic heterocycles. The summed E-state index contributed by atoms with van der Waals surface area (Å²) in [7, 11) is 0.